The molecule has 1 fully saturated rings. The number of carbonyl (C=O) groups is 3. The van der Waals surface area contributed by atoms with Gasteiger partial charge >= 0.3 is 0 Å². The standard InChI is InChI=1S/C25H23N3O4S/c29-23(26-16-21(22-9-4-14-33-22)27-10-12-32-13-11-27)17-5-3-6-18(15-17)28-24(30)19-7-1-2-8-20(19)25(28)31/h1-9,14-15,21H,10-13,16H2,(H,26,29)/t21-/m0/s1. The lowest BCUT2D eigenvalue weighted by atomic mass is 10.1. The molecule has 1 N–H and O–H groups in total. The number of carbonyl (C=O) groups excluding carboxylic acids is 3. The lowest BCUT2D eigenvalue weighted by Crippen LogP contribution is -2.43. The van der Waals surface area contributed by atoms with Crippen LogP contribution in [-0.4, -0.2) is 55.5 Å². The highest BCUT2D eigenvalue weighted by molar-refractivity contribution is 7.10. The van der Waals surface area contributed by atoms with Gasteiger partial charge in [-0.1, -0.05) is 24.3 Å². The van der Waals surface area contributed by atoms with Gasteiger partial charge in [0.25, 0.3) is 17.7 Å². The topological polar surface area (TPSA) is 79.0 Å². The molecule has 7 nitrogen and oxygen atoms in total. The first-order valence-corrected chi connectivity index (χ1v) is 11.7. The number of hydrogen-bond donors (Lipinski definition) is 1. The highest BCUT2D eigenvalue weighted by Crippen LogP contribution is 2.29. The van der Waals surface area contributed by atoms with E-state index in [0.717, 1.165) is 18.0 Å². The number of ether oxygens (including phenoxy) is 1. The van der Waals surface area contributed by atoms with E-state index in [-0.39, 0.29) is 23.8 Å². The summed E-state index contributed by atoms with van der Waals surface area (Å²) >= 11 is 1.67. The molecular weight excluding hydrogens is 438 g/mol. The van der Waals surface area contributed by atoms with Crippen molar-refractivity contribution in [2.75, 3.05) is 37.7 Å². The molecule has 1 saturated heterocycles. The van der Waals surface area contributed by atoms with Gasteiger partial charge in [-0.2, -0.15) is 0 Å². The Morgan fingerprint density at radius 2 is 1.70 bits per heavy atom. The van der Waals surface area contributed by atoms with Gasteiger partial charge < -0.3 is 10.1 Å². The highest BCUT2D eigenvalue weighted by atomic mass is 32.1. The fraction of sp³-hybridized carbons (Fsp3) is 0.240. The Labute approximate surface area is 195 Å². The second-order valence-electron chi connectivity index (χ2n) is 7.93. The zero-order valence-electron chi connectivity index (χ0n) is 17.9. The number of hydrogen-bond acceptors (Lipinski definition) is 6. The molecule has 0 spiro atoms. The fourth-order valence-electron chi connectivity index (χ4n) is 4.28. The molecule has 0 saturated carbocycles. The number of benzene rings is 2. The maximum atomic E-state index is 13.0. The van der Waals surface area contributed by atoms with Gasteiger partial charge in [0.1, 0.15) is 0 Å². The van der Waals surface area contributed by atoms with Crippen LogP contribution in [-0.2, 0) is 4.74 Å². The Bertz CT molecular complexity index is 1150. The Morgan fingerprint density at radius 3 is 2.36 bits per heavy atom. The first-order chi connectivity index (χ1) is 16.1. The average Bonchev–Trinajstić information content (AvgIpc) is 3.47. The van der Waals surface area contributed by atoms with Crippen LogP contribution in [0.4, 0.5) is 5.69 Å². The van der Waals surface area contributed by atoms with Gasteiger partial charge in [-0.3, -0.25) is 19.3 Å². The molecule has 2 aliphatic heterocycles. The third kappa shape index (κ3) is 4.20. The first kappa shape index (κ1) is 21.5. The number of fused-ring (bicyclic) bond motifs is 1. The number of amides is 3. The lowest BCUT2D eigenvalue weighted by molar-refractivity contribution is 0.0169. The van der Waals surface area contributed by atoms with E-state index in [0.29, 0.717) is 42.1 Å². The molecule has 1 aromatic heterocycles. The van der Waals surface area contributed by atoms with E-state index < -0.39 is 0 Å². The summed E-state index contributed by atoms with van der Waals surface area (Å²) in [6.45, 7) is 3.44. The molecule has 1 atom stereocenters. The monoisotopic (exact) mass is 461 g/mol. The van der Waals surface area contributed by atoms with Crippen molar-refractivity contribution >= 4 is 34.7 Å². The van der Waals surface area contributed by atoms with Gasteiger partial charge in [0.2, 0.25) is 0 Å². The molecule has 2 aliphatic rings. The average molecular weight is 462 g/mol. The summed E-state index contributed by atoms with van der Waals surface area (Å²) in [5, 5.41) is 5.08. The van der Waals surface area contributed by atoms with E-state index in [1.807, 2.05) is 11.4 Å². The minimum Gasteiger partial charge on any atom is -0.379 e. The van der Waals surface area contributed by atoms with Gasteiger partial charge in [0, 0.05) is 30.1 Å². The maximum Gasteiger partial charge on any atom is 0.266 e. The normalized spacial score (nSPS) is 17.2. The van der Waals surface area contributed by atoms with Crippen LogP contribution in [0.25, 0.3) is 0 Å². The number of imide groups is 1. The molecule has 3 amide bonds. The minimum atomic E-state index is -0.377. The molecule has 3 heterocycles. The lowest BCUT2D eigenvalue weighted by Gasteiger charge is -2.34. The van der Waals surface area contributed by atoms with Crippen molar-refractivity contribution < 1.29 is 19.1 Å². The summed E-state index contributed by atoms with van der Waals surface area (Å²) in [6.07, 6.45) is 0. The molecule has 33 heavy (non-hydrogen) atoms. The largest absolute Gasteiger partial charge is 0.379 e. The SMILES string of the molecule is O=C(NC[C@@H](c1cccs1)N1CCOCC1)c1cccc(N2C(=O)c3ccccc3C2=O)c1. The minimum absolute atomic E-state index is 0.0669. The van der Waals surface area contributed by atoms with Crippen LogP contribution in [0.2, 0.25) is 0 Å². The number of nitrogens with one attached hydrogen (secondary N) is 1. The summed E-state index contributed by atoms with van der Waals surface area (Å²) in [6, 6.07) is 17.5. The smallest absolute Gasteiger partial charge is 0.266 e. The summed E-state index contributed by atoms with van der Waals surface area (Å²) in [7, 11) is 0. The Kier molecular flexibility index (Phi) is 6.04. The number of nitrogens with zero attached hydrogens (tertiary/aromatic N) is 2. The van der Waals surface area contributed by atoms with Crippen LogP contribution < -0.4 is 10.2 Å². The van der Waals surface area contributed by atoms with E-state index in [9.17, 15) is 14.4 Å². The van der Waals surface area contributed by atoms with Crippen LogP contribution in [0.3, 0.4) is 0 Å². The Balaban J connectivity index is 1.32. The van der Waals surface area contributed by atoms with Crippen molar-refractivity contribution in [3.05, 3.63) is 87.6 Å². The van der Waals surface area contributed by atoms with Crippen molar-refractivity contribution in [2.45, 2.75) is 6.04 Å². The maximum absolute atomic E-state index is 13.0. The van der Waals surface area contributed by atoms with Crippen LogP contribution >= 0.6 is 11.3 Å². The third-order valence-electron chi connectivity index (χ3n) is 5.97. The zero-order chi connectivity index (χ0) is 22.8. The van der Waals surface area contributed by atoms with Crippen molar-refractivity contribution in [1.29, 1.82) is 0 Å². The molecule has 168 valence electrons. The molecule has 2 aromatic carbocycles. The van der Waals surface area contributed by atoms with Crippen molar-refractivity contribution in [3.63, 3.8) is 0 Å². The molecule has 0 aliphatic carbocycles. The Morgan fingerprint density at radius 1 is 0.970 bits per heavy atom. The number of morpholine rings is 1. The summed E-state index contributed by atoms with van der Waals surface area (Å²) in [5.41, 5.74) is 1.54. The summed E-state index contributed by atoms with van der Waals surface area (Å²) in [5.74, 6) is -1.00. The van der Waals surface area contributed by atoms with Crippen LogP contribution in [0.1, 0.15) is 42.0 Å². The van der Waals surface area contributed by atoms with Crippen molar-refractivity contribution in [2.24, 2.45) is 0 Å². The quantitative estimate of drug-likeness (QED) is 0.570. The van der Waals surface area contributed by atoms with E-state index in [2.05, 4.69) is 16.3 Å². The number of rotatable bonds is 6. The zero-order valence-corrected chi connectivity index (χ0v) is 18.7. The third-order valence-corrected chi connectivity index (χ3v) is 6.95. The van der Waals surface area contributed by atoms with E-state index in [4.69, 9.17) is 4.74 Å². The molecule has 3 aromatic rings. The van der Waals surface area contributed by atoms with E-state index in [1.165, 1.54) is 4.88 Å². The van der Waals surface area contributed by atoms with Gasteiger partial charge in [0.05, 0.1) is 36.1 Å². The van der Waals surface area contributed by atoms with Crippen LogP contribution in [0.5, 0.6) is 0 Å². The van der Waals surface area contributed by atoms with Gasteiger partial charge in [-0.15, -0.1) is 11.3 Å². The van der Waals surface area contributed by atoms with E-state index >= 15 is 0 Å². The summed E-state index contributed by atoms with van der Waals surface area (Å²) in [4.78, 5) is 43.3. The molecular formula is C25H23N3O4S. The van der Waals surface area contributed by atoms with Gasteiger partial charge in [-0.05, 0) is 41.8 Å². The predicted molar refractivity (Wildman–Crippen MR) is 126 cm³/mol. The molecule has 0 radical (unpaired) electrons. The van der Waals surface area contributed by atoms with Crippen LogP contribution in [0.15, 0.2) is 66.0 Å². The first-order valence-electron chi connectivity index (χ1n) is 10.8. The number of thiophene rings is 1. The second-order valence-corrected chi connectivity index (χ2v) is 8.91. The molecule has 0 unspecified atom stereocenters. The molecule has 0 bridgehead atoms. The van der Waals surface area contributed by atoms with Crippen molar-refractivity contribution in [3.8, 4) is 0 Å². The van der Waals surface area contributed by atoms with Gasteiger partial charge in [0.15, 0.2) is 0 Å². The van der Waals surface area contributed by atoms with Crippen molar-refractivity contribution in [1.82, 2.24) is 10.2 Å². The van der Waals surface area contributed by atoms with E-state index in [1.54, 1.807) is 59.9 Å². The summed E-state index contributed by atoms with van der Waals surface area (Å²) < 4.78 is 5.48. The molecule has 8 heteroatoms. The second kappa shape index (κ2) is 9.27. The van der Waals surface area contributed by atoms with Gasteiger partial charge in [-0.25, -0.2) is 4.90 Å². The number of anilines is 1. The molecule has 5 rings (SSSR count). The Hall–Kier alpha value is -3.33. The predicted octanol–water partition coefficient (Wildman–Crippen LogP) is 3.35. The highest BCUT2D eigenvalue weighted by Gasteiger charge is 2.36. The fourth-order valence-corrected chi connectivity index (χ4v) is 5.14. The van der Waals surface area contributed by atoms with Crippen LogP contribution in [0, 0.1) is 0 Å².